The van der Waals surface area contributed by atoms with Crippen LogP contribution in [0.15, 0.2) is 23.1 Å². The number of hydrogen-bond donors (Lipinski definition) is 1. The van der Waals surface area contributed by atoms with Gasteiger partial charge in [0, 0.05) is 44.6 Å². The molecule has 1 amide bonds. The second-order valence-electron chi connectivity index (χ2n) is 7.76. The van der Waals surface area contributed by atoms with E-state index in [2.05, 4.69) is 11.8 Å². The van der Waals surface area contributed by atoms with Crippen molar-refractivity contribution in [3.05, 3.63) is 23.8 Å². The molecule has 9 heteroatoms. The number of likely N-dealkylation sites (N-methyl/N-ethyl adjacent to an activating group) is 1. The van der Waals surface area contributed by atoms with Gasteiger partial charge in [0.25, 0.3) is 0 Å². The Morgan fingerprint density at radius 1 is 1.45 bits per heavy atom. The zero-order chi connectivity index (χ0) is 23.2. The molecule has 0 fully saturated rings. The van der Waals surface area contributed by atoms with Crippen LogP contribution in [0.5, 0.6) is 5.75 Å². The molecule has 31 heavy (non-hydrogen) atoms. The van der Waals surface area contributed by atoms with E-state index >= 15 is 0 Å². The van der Waals surface area contributed by atoms with Gasteiger partial charge in [-0.1, -0.05) is 25.7 Å². The maximum absolute atomic E-state index is 13.4. The van der Waals surface area contributed by atoms with Crippen molar-refractivity contribution in [2.24, 2.45) is 5.92 Å². The number of hydrogen-bond acceptors (Lipinski definition) is 6. The minimum atomic E-state index is -3.91. The molecule has 3 atom stereocenters. The average molecular weight is 453 g/mol. The Labute approximate surface area is 185 Å². The normalized spacial score (nSPS) is 21.5. The zero-order valence-corrected chi connectivity index (χ0v) is 19.6. The van der Waals surface area contributed by atoms with Crippen molar-refractivity contribution in [1.82, 2.24) is 9.21 Å². The predicted octanol–water partition coefficient (Wildman–Crippen LogP) is 1.32. The number of nitrogens with zero attached hydrogens (tertiary/aromatic N) is 2. The van der Waals surface area contributed by atoms with Crippen LogP contribution in [0.25, 0.3) is 0 Å². The molecule has 0 saturated carbocycles. The number of ether oxygens (including phenoxy) is 2. The van der Waals surface area contributed by atoms with Gasteiger partial charge >= 0.3 is 0 Å². The number of benzene rings is 1. The van der Waals surface area contributed by atoms with Crippen molar-refractivity contribution < 1.29 is 27.8 Å². The number of methoxy groups -OCH3 is 1. The lowest BCUT2D eigenvalue weighted by Gasteiger charge is -2.37. The summed E-state index contributed by atoms with van der Waals surface area (Å²) in [6.45, 7) is 5.77. The van der Waals surface area contributed by atoms with Crippen molar-refractivity contribution >= 4 is 15.9 Å². The molecule has 0 bridgehead atoms. The van der Waals surface area contributed by atoms with Crippen molar-refractivity contribution in [2.45, 2.75) is 44.2 Å². The van der Waals surface area contributed by atoms with Crippen molar-refractivity contribution in [3.63, 3.8) is 0 Å². The van der Waals surface area contributed by atoms with Crippen LogP contribution in [0.4, 0.5) is 0 Å². The number of sulfonamides is 1. The molecule has 8 nitrogen and oxygen atoms in total. The molecule has 0 spiro atoms. The molecule has 0 unspecified atom stereocenters. The van der Waals surface area contributed by atoms with Gasteiger partial charge in [0.2, 0.25) is 15.9 Å². The third-order valence-electron chi connectivity index (χ3n) is 5.30. The first kappa shape index (κ1) is 25.1. The van der Waals surface area contributed by atoms with Crippen molar-refractivity contribution in [2.75, 3.05) is 40.5 Å². The summed E-state index contributed by atoms with van der Waals surface area (Å²) in [6.07, 6.45) is -0.0690. The first-order chi connectivity index (χ1) is 14.6. The van der Waals surface area contributed by atoms with E-state index in [1.54, 1.807) is 45.0 Å². The number of amides is 1. The topological polar surface area (TPSA) is 96.4 Å². The van der Waals surface area contributed by atoms with E-state index in [1.165, 1.54) is 10.4 Å². The summed E-state index contributed by atoms with van der Waals surface area (Å²) < 4.78 is 39.2. The van der Waals surface area contributed by atoms with Crippen molar-refractivity contribution in [3.8, 4) is 17.6 Å². The summed E-state index contributed by atoms with van der Waals surface area (Å²) in [6, 6.07) is 4.10. The van der Waals surface area contributed by atoms with Crippen LogP contribution in [0.2, 0.25) is 0 Å². The van der Waals surface area contributed by atoms with E-state index in [4.69, 9.17) is 9.47 Å². The molecule has 172 valence electrons. The Morgan fingerprint density at radius 3 is 2.77 bits per heavy atom. The van der Waals surface area contributed by atoms with Crippen molar-refractivity contribution in [1.29, 1.82) is 0 Å². The zero-order valence-electron chi connectivity index (χ0n) is 18.8. The molecular formula is C22H32N2O6S. The molecule has 0 aromatic heterocycles. The second kappa shape index (κ2) is 11.0. The van der Waals surface area contributed by atoms with E-state index in [9.17, 15) is 18.3 Å². The van der Waals surface area contributed by atoms with Gasteiger partial charge in [-0.05, 0) is 25.1 Å². The fraction of sp³-hybridized carbons (Fsp3) is 0.591. The first-order valence-electron chi connectivity index (χ1n) is 10.3. The number of fused-ring (bicyclic) bond motifs is 1. The van der Waals surface area contributed by atoms with E-state index in [0.29, 0.717) is 18.5 Å². The molecule has 1 aliphatic rings. The molecule has 2 rings (SSSR count). The van der Waals surface area contributed by atoms with Gasteiger partial charge in [-0.15, -0.1) is 0 Å². The number of carbonyl (C=O) groups is 1. The van der Waals surface area contributed by atoms with Gasteiger partial charge in [0.1, 0.15) is 23.4 Å². The van der Waals surface area contributed by atoms with Crippen LogP contribution in [0, 0.1) is 17.8 Å². The summed E-state index contributed by atoms with van der Waals surface area (Å²) in [5.41, 5.74) is 0.595. The number of aliphatic hydroxyl groups excluding tert-OH is 1. The van der Waals surface area contributed by atoms with Gasteiger partial charge in [-0.25, -0.2) is 8.42 Å². The lowest BCUT2D eigenvalue weighted by atomic mass is 10.0. The summed E-state index contributed by atoms with van der Waals surface area (Å²) in [7, 11) is -0.656. The van der Waals surface area contributed by atoms with E-state index in [-0.39, 0.29) is 42.2 Å². The van der Waals surface area contributed by atoms with Gasteiger partial charge in [0.15, 0.2) is 0 Å². The smallest absolute Gasteiger partial charge is 0.247 e. The SMILES string of the molecule is CCC(=O)N(C)C[C@H]1Oc2cc(C#CCOC)ccc2S(=O)(=O)N([C@@H](C)CO)C[C@@H]1C. The van der Waals surface area contributed by atoms with E-state index in [1.807, 2.05) is 6.92 Å². The van der Waals surface area contributed by atoms with E-state index in [0.717, 1.165) is 0 Å². The predicted molar refractivity (Wildman–Crippen MR) is 117 cm³/mol. The summed E-state index contributed by atoms with van der Waals surface area (Å²) in [4.78, 5) is 13.7. The largest absolute Gasteiger partial charge is 0.487 e. The molecule has 1 aromatic rings. The minimum absolute atomic E-state index is 0.0199. The van der Waals surface area contributed by atoms with Crippen LogP contribution in [-0.2, 0) is 19.6 Å². The third-order valence-corrected chi connectivity index (χ3v) is 7.32. The minimum Gasteiger partial charge on any atom is -0.487 e. The maximum Gasteiger partial charge on any atom is 0.247 e. The van der Waals surface area contributed by atoms with Crippen LogP contribution < -0.4 is 4.74 Å². The average Bonchev–Trinajstić information content (AvgIpc) is 2.75. The highest BCUT2D eigenvalue weighted by molar-refractivity contribution is 7.89. The Bertz CT molecular complexity index is 937. The quantitative estimate of drug-likeness (QED) is 0.654. The molecule has 1 heterocycles. The lowest BCUT2D eigenvalue weighted by molar-refractivity contribution is -0.131. The fourth-order valence-electron chi connectivity index (χ4n) is 3.37. The lowest BCUT2D eigenvalue weighted by Crippen LogP contribution is -2.50. The molecule has 0 saturated heterocycles. The summed E-state index contributed by atoms with van der Waals surface area (Å²) in [5, 5.41) is 9.68. The molecule has 0 aliphatic carbocycles. The Balaban J connectivity index is 2.56. The third kappa shape index (κ3) is 5.98. The van der Waals surface area contributed by atoms with Gasteiger partial charge in [-0.2, -0.15) is 4.31 Å². The summed E-state index contributed by atoms with van der Waals surface area (Å²) >= 11 is 0. The number of carbonyl (C=O) groups excluding carboxylic acids is 1. The number of rotatable bonds is 6. The highest BCUT2D eigenvalue weighted by Crippen LogP contribution is 2.34. The van der Waals surface area contributed by atoms with Crippen LogP contribution >= 0.6 is 0 Å². The van der Waals surface area contributed by atoms with Crippen LogP contribution in [0.1, 0.15) is 32.8 Å². The first-order valence-corrected chi connectivity index (χ1v) is 11.7. The molecule has 1 N–H and O–H groups in total. The fourth-order valence-corrected chi connectivity index (χ4v) is 5.20. The summed E-state index contributed by atoms with van der Waals surface area (Å²) in [5.74, 6) is 5.71. The molecule has 0 radical (unpaired) electrons. The van der Waals surface area contributed by atoms with Gasteiger partial charge in [-0.3, -0.25) is 4.79 Å². The highest BCUT2D eigenvalue weighted by Gasteiger charge is 2.38. The Kier molecular flexibility index (Phi) is 8.89. The molecule has 1 aliphatic heterocycles. The standard InChI is InChI=1S/C22H32N2O6S/c1-6-22(26)23(4)14-20-16(2)13-24(17(3)15-25)31(27,28)21-10-9-18(8-7-11-29-5)12-19(21)30-20/h9-10,12,16-17,20,25H,6,11,13-15H2,1-5H3/t16-,17-,20+/m0/s1. The van der Waals surface area contributed by atoms with Crippen LogP contribution in [-0.4, -0.2) is 81.2 Å². The maximum atomic E-state index is 13.4. The second-order valence-corrected chi connectivity index (χ2v) is 9.62. The Hall–Kier alpha value is -2.12. The molecular weight excluding hydrogens is 420 g/mol. The monoisotopic (exact) mass is 452 g/mol. The molecule has 1 aromatic carbocycles. The van der Waals surface area contributed by atoms with Gasteiger partial charge < -0.3 is 19.5 Å². The highest BCUT2D eigenvalue weighted by atomic mass is 32.2. The Morgan fingerprint density at radius 2 is 2.16 bits per heavy atom. The van der Waals surface area contributed by atoms with Crippen LogP contribution in [0.3, 0.4) is 0 Å². The van der Waals surface area contributed by atoms with Gasteiger partial charge in [0.05, 0.1) is 13.2 Å². The van der Waals surface area contributed by atoms with E-state index < -0.39 is 22.2 Å². The number of aliphatic hydroxyl groups is 1.